The van der Waals surface area contributed by atoms with Gasteiger partial charge >= 0.3 is 0 Å². The van der Waals surface area contributed by atoms with Gasteiger partial charge in [0.1, 0.15) is 0 Å². The fourth-order valence-electron chi connectivity index (χ4n) is 2.56. The van der Waals surface area contributed by atoms with E-state index in [1.807, 2.05) is 0 Å². The molecule has 0 aliphatic rings. The van der Waals surface area contributed by atoms with E-state index >= 15 is 0 Å². The second kappa shape index (κ2) is 5.45. The van der Waals surface area contributed by atoms with E-state index in [-0.39, 0.29) is 26.2 Å². The molecule has 0 bridgehead atoms. The maximum absolute atomic E-state index is 2.32. The van der Waals surface area contributed by atoms with Crippen molar-refractivity contribution < 1.29 is 26.2 Å². The number of rotatable bonds is 2. The minimum atomic E-state index is 0. The van der Waals surface area contributed by atoms with Crippen LogP contribution in [0.5, 0.6) is 0 Å². The zero-order valence-corrected chi connectivity index (χ0v) is 13.4. The first-order valence-electron chi connectivity index (χ1n) is 6.42. The van der Waals surface area contributed by atoms with Crippen LogP contribution in [0.3, 0.4) is 0 Å². The average Bonchev–Trinajstić information content (AvgIpc) is 2.74. The van der Waals surface area contributed by atoms with Crippen LogP contribution in [-0.2, 0) is 39.0 Å². The fraction of sp³-hybridized carbons (Fsp3) is 0.235. The molecule has 0 unspecified atom stereocenters. The van der Waals surface area contributed by atoms with E-state index in [0.29, 0.717) is 0 Å². The molecule has 0 aliphatic heterocycles. The van der Waals surface area contributed by atoms with Crippen molar-refractivity contribution in [2.24, 2.45) is 0 Å². The molecular weight excluding hydrogens is 295 g/mol. The molecule has 0 radical (unpaired) electrons. The molecule has 0 amide bonds. The van der Waals surface area contributed by atoms with Gasteiger partial charge in [-0.15, -0.1) is 39.7 Å². The second-order valence-electron chi connectivity index (χ2n) is 4.69. The normalized spacial score (nSPS) is 10.8. The van der Waals surface area contributed by atoms with Crippen molar-refractivity contribution in [2.45, 2.75) is 26.7 Å². The Morgan fingerprint density at radius 3 is 1.61 bits per heavy atom. The quantitative estimate of drug-likeness (QED) is 0.594. The van der Waals surface area contributed by atoms with E-state index in [1.165, 1.54) is 32.7 Å². The summed E-state index contributed by atoms with van der Waals surface area (Å²) in [6.07, 6.45) is 2.22. The van der Waals surface area contributed by atoms with Crippen LogP contribution in [0.4, 0.5) is 0 Å². The smallest absolute Gasteiger partial charge is 0 e. The zero-order valence-electron chi connectivity index (χ0n) is 11.0. The van der Waals surface area contributed by atoms with Crippen molar-refractivity contribution in [3.05, 3.63) is 53.6 Å². The fourth-order valence-corrected chi connectivity index (χ4v) is 2.56. The van der Waals surface area contributed by atoms with Crippen molar-refractivity contribution in [1.29, 1.82) is 0 Å². The van der Waals surface area contributed by atoms with Crippen LogP contribution in [0.1, 0.15) is 25.0 Å². The van der Waals surface area contributed by atoms with E-state index < -0.39 is 0 Å². The van der Waals surface area contributed by atoms with Crippen molar-refractivity contribution in [2.75, 3.05) is 0 Å². The zero-order chi connectivity index (χ0) is 11.8. The summed E-state index contributed by atoms with van der Waals surface area (Å²) in [6, 6.07) is 16.0. The Labute approximate surface area is 127 Å². The van der Waals surface area contributed by atoms with Gasteiger partial charge in [-0.1, -0.05) is 49.2 Å². The summed E-state index contributed by atoms with van der Waals surface area (Å²) < 4.78 is 0. The molecule has 0 heterocycles. The molecular formula is C17H17Zr-. The van der Waals surface area contributed by atoms with Gasteiger partial charge in [0.15, 0.2) is 0 Å². The van der Waals surface area contributed by atoms with Crippen LogP contribution in [0.2, 0.25) is 0 Å². The van der Waals surface area contributed by atoms with Crippen molar-refractivity contribution in [3.8, 4) is 0 Å². The number of hydrogen-bond donors (Lipinski definition) is 0. The summed E-state index contributed by atoms with van der Waals surface area (Å²) >= 11 is 0. The minimum absolute atomic E-state index is 0. The van der Waals surface area contributed by atoms with E-state index in [0.717, 1.165) is 12.8 Å². The molecule has 3 rings (SSSR count). The van der Waals surface area contributed by atoms with Gasteiger partial charge in [-0.05, 0) is 12.8 Å². The van der Waals surface area contributed by atoms with Crippen LogP contribution in [0.25, 0.3) is 21.5 Å². The molecule has 0 atom stereocenters. The summed E-state index contributed by atoms with van der Waals surface area (Å²) in [6.45, 7) is 4.41. The van der Waals surface area contributed by atoms with Crippen molar-refractivity contribution in [1.82, 2.24) is 0 Å². The maximum Gasteiger partial charge on any atom is 0 e. The molecule has 90 valence electrons. The first-order valence-corrected chi connectivity index (χ1v) is 6.42. The molecule has 3 aromatic rings. The first kappa shape index (κ1) is 13.6. The van der Waals surface area contributed by atoms with Crippen LogP contribution in [-0.4, -0.2) is 0 Å². The van der Waals surface area contributed by atoms with Crippen LogP contribution in [0.15, 0.2) is 42.5 Å². The van der Waals surface area contributed by atoms with E-state index in [9.17, 15) is 0 Å². The predicted octanol–water partition coefficient (Wildman–Crippen LogP) is 4.83. The molecule has 3 aromatic carbocycles. The largest absolute Gasteiger partial charge is 0.126 e. The molecule has 0 saturated carbocycles. The number of benzene rings is 2. The molecule has 0 spiro atoms. The summed E-state index contributed by atoms with van der Waals surface area (Å²) in [7, 11) is 0. The maximum atomic E-state index is 2.32. The van der Waals surface area contributed by atoms with Crippen molar-refractivity contribution in [3.63, 3.8) is 0 Å². The number of hydrogen-bond acceptors (Lipinski definition) is 0. The first-order chi connectivity index (χ1) is 8.31. The Balaban J connectivity index is 0.00000120. The average molecular weight is 313 g/mol. The monoisotopic (exact) mass is 311 g/mol. The topological polar surface area (TPSA) is 0 Å². The Bertz CT molecular complexity index is 618. The summed E-state index contributed by atoms with van der Waals surface area (Å²) in [5.41, 5.74) is 2.84. The molecule has 0 aliphatic carbocycles. The van der Waals surface area contributed by atoms with Gasteiger partial charge in [0, 0.05) is 26.2 Å². The second-order valence-corrected chi connectivity index (χ2v) is 4.69. The van der Waals surface area contributed by atoms with Gasteiger partial charge in [0.2, 0.25) is 0 Å². The van der Waals surface area contributed by atoms with Gasteiger partial charge in [-0.25, -0.2) is 0 Å². The molecule has 0 N–H and O–H groups in total. The number of fused-ring (bicyclic) bond motifs is 3. The molecule has 0 nitrogen and oxygen atoms in total. The Morgan fingerprint density at radius 2 is 1.22 bits per heavy atom. The third-order valence-electron chi connectivity index (χ3n) is 3.65. The Morgan fingerprint density at radius 1 is 0.778 bits per heavy atom. The molecule has 1 heteroatoms. The van der Waals surface area contributed by atoms with Crippen LogP contribution < -0.4 is 0 Å². The standard InChI is InChI=1S/C17H17.Zr/c1-3-12-5-7-16-14(9-12)11-15-10-13(4-2)6-8-17(15)16;/h5-11H,3-4H2,1-2H3;/q-1;. The molecule has 18 heavy (non-hydrogen) atoms. The summed E-state index contributed by atoms with van der Waals surface area (Å²) in [5, 5.41) is 5.54. The summed E-state index contributed by atoms with van der Waals surface area (Å²) in [4.78, 5) is 0. The van der Waals surface area contributed by atoms with Crippen LogP contribution >= 0.6 is 0 Å². The van der Waals surface area contributed by atoms with Gasteiger partial charge in [-0.2, -0.15) is 0 Å². The Kier molecular flexibility index (Phi) is 4.12. The van der Waals surface area contributed by atoms with Gasteiger partial charge in [0.25, 0.3) is 0 Å². The third kappa shape index (κ3) is 2.21. The predicted molar refractivity (Wildman–Crippen MR) is 75.8 cm³/mol. The Hall–Kier alpha value is -0.807. The molecule has 0 saturated heterocycles. The SMILES string of the molecule is CCc1ccc2c(c1)[cH-]c1cc(CC)ccc12.[Zr]. The summed E-state index contributed by atoms with van der Waals surface area (Å²) in [5.74, 6) is 0. The molecule has 0 aromatic heterocycles. The third-order valence-corrected chi connectivity index (χ3v) is 3.65. The van der Waals surface area contributed by atoms with E-state index in [1.54, 1.807) is 0 Å². The van der Waals surface area contributed by atoms with E-state index in [2.05, 4.69) is 56.3 Å². The van der Waals surface area contributed by atoms with E-state index in [4.69, 9.17) is 0 Å². The minimum Gasteiger partial charge on any atom is -0.126 e. The van der Waals surface area contributed by atoms with Gasteiger partial charge in [-0.3, -0.25) is 0 Å². The van der Waals surface area contributed by atoms with Crippen molar-refractivity contribution >= 4 is 21.5 Å². The van der Waals surface area contributed by atoms with Crippen LogP contribution in [0, 0.1) is 0 Å². The van der Waals surface area contributed by atoms with Gasteiger partial charge < -0.3 is 0 Å². The number of aryl methyl sites for hydroxylation is 2. The molecule has 0 fully saturated rings. The van der Waals surface area contributed by atoms with Gasteiger partial charge in [0.05, 0.1) is 0 Å².